The van der Waals surface area contributed by atoms with Crippen LogP contribution in [-0.2, 0) is 0 Å². The molecule has 0 bridgehead atoms. The molecule has 32 heavy (non-hydrogen) atoms. The third-order valence-corrected chi connectivity index (χ3v) is 5.63. The summed E-state index contributed by atoms with van der Waals surface area (Å²) in [5, 5.41) is 16.7. The fourth-order valence-electron chi connectivity index (χ4n) is 3.92. The SMILES string of the molecule is [2H]C1([2H])CCN(c2ccn3ncc(NC(=O)N4C([2H])([2H])C[C@H](O)C4([2H])C)c3n2)[C@H]1c1cc(F)ccc1F. The molecule has 2 saturated heterocycles. The molecule has 10 heteroatoms. The van der Waals surface area contributed by atoms with Gasteiger partial charge in [0.2, 0.25) is 0 Å². The highest BCUT2D eigenvalue weighted by molar-refractivity contribution is 5.93. The second kappa shape index (κ2) is 8.01. The van der Waals surface area contributed by atoms with E-state index < -0.39 is 55.1 Å². The zero-order chi connectivity index (χ0) is 26.9. The summed E-state index contributed by atoms with van der Waals surface area (Å²) in [5.41, 5.74) is 0.0649. The van der Waals surface area contributed by atoms with Crippen molar-refractivity contribution in [1.82, 2.24) is 19.5 Å². The van der Waals surface area contributed by atoms with Crippen LogP contribution in [0.25, 0.3) is 5.65 Å². The first-order chi connectivity index (χ1) is 17.2. The maximum absolute atomic E-state index is 14.7. The quantitative estimate of drug-likeness (QED) is 0.643. The molecule has 0 aliphatic carbocycles. The van der Waals surface area contributed by atoms with E-state index in [2.05, 4.69) is 15.4 Å². The van der Waals surface area contributed by atoms with Crippen molar-refractivity contribution in [2.45, 2.75) is 44.3 Å². The highest BCUT2D eigenvalue weighted by Gasteiger charge is 2.33. The van der Waals surface area contributed by atoms with E-state index in [1.165, 1.54) is 34.8 Å². The van der Waals surface area contributed by atoms with Crippen LogP contribution in [-0.4, -0.2) is 55.8 Å². The first-order valence-corrected chi connectivity index (χ1v) is 10.1. The number of amides is 2. The molecule has 2 N–H and O–H groups in total. The van der Waals surface area contributed by atoms with E-state index in [4.69, 9.17) is 6.85 Å². The minimum absolute atomic E-state index is 0.0395. The second-order valence-corrected chi connectivity index (χ2v) is 7.61. The van der Waals surface area contributed by atoms with Crippen LogP contribution in [0.3, 0.4) is 0 Å². The summed E-state index contributed by atoms with van der Waals surface area (Å²) in [7, 11) is 0. The fraction of sp³-hybridized carbons (Fsp3) is 0.409. The molecule has 2 aliphatic rings. The van der Waals surface area contributed by atoms with E-state index in [1.54, 1.807) is 0 Å². The Morgan fingerprint density at radius 1 is 1.38 bits per heavy atom. The largest absolute Gasteiger partial charge is 0.391 e. The molecule has 4 heterocycles. The predicted molar refractivity (Wildman–Crippen MR) is 114 cm³/mol. The molecule has 2 aromatic heterocycles. The topological polar surface area (TPSA) is 86.0 Å². The molecular weight excluding hydrogens is 418 g/mol. The number of hydrogen-bond donors (Lipinski definition) is 2. The van der Waals surface area contributed by atoms with Gasteiger partial charge in [-0.2, -0.15) is 5.10 Å². The minimum atomic E-state index is -2.27. The number of carbonyl (C=O) groups is 1. The van der Waals surface area contributed by atoms with Crippen LogP contribution in [0, 0.1) is 11.6 Å². The van der Waals surface area contributed by atoms with Crippen LogP contribution in [0.4, 0.5) is 25.1 Å². The van der Waals surface area contributed by atoms with Crippen LogP contribution in [0.2, 0.25) is 0 Å². The Balaban J connectivity index is 1.50. The lowest BCUT2D eigenvalue weighted by Gasteiger charge is -2.26. The van der Waals surface area contributed by atoms with Crippen molar-refractivity contribution < 1.29 is 25.5 Å². The van der Waals surface area contributed by atoms with Crippen LogP contribution in [0.1, 0.15) is 44.6 Å². The normalized spacial score (nSPS) is 31.1. The van der Waals surface area contributed by atoms with E-state index in [0.29, 0.717) is 4.90 Å². The van der Waals surface area contributed by atoms with Gasteiger partial charge in [-0.1, -0.05) is 0 Å². The van der Waals surface area contributed by atoms with Crippen molar-refractivity contribution >= 4 is 23.2 Å². The second-order valence-electron chi connectivity index (χ2n) is 7.61. The number of aliphatic hydroxyl groups is 1. The molecule has 2 amide bonds. The summed E-state index contributed by atoms with van der Waals surface area (Å²) >= 11 is 0. The Kier molecular flexibility index (Phi) is 3.89. The maximum atomic E-state index is 14.7. The first-order valence-electron chi connectivity index (χ1n) is 12.6. The lowest BCUT2D eigenvalue weighted by atomic mass is 10.0. The molecule has 2 aliphatic heterocycles. The van der Waals surface area contributed by atoms with Gasteiger partial charge in [0, 0.05) is 30.3 Å². The Morgan fingerprint density at radius 2 is 2.22 bits per heavy atom. The van der Waals surface area contributed by atoms with Crippen LogP contribution in [0.5, 0.6) is 0 Å². The van der Waals surface area contributed by atoms with Crippen LogP contribution >= 0.6 is 0 Å². The number of halogens is 2. The summed E-state index contributed by atoms with van der Waals surface area (Å²) in [6.45, 7) is -0.873. The predicted octanol–water partition coefficient (Wildman–Crippen LogP) is 3.34. The van der Waals surface area contributed by atoms with Gasteiger partial charge < -0.3 is 20.2 Å². The number of hydrogen-bond acceptors (Lipinski definition) is 5. The lowest BCUT2D eigenvalue weighted by Crippen LogP contribution is -2.40. The molecule has 0 spiro atoms. The first kappa shape index (κ1) is 15.5. The van der Waals surface area contributed by atoms with Gasteiger partial charge in [-0.3, -0.25) is 0 Å². The molecule has 3 aromatic rings. The molecule has 1 aromatic carbocycles. The van der Waals surface area contributed by atoms with E-state index in [0.717, 1.165) is 18.2 Å². The van der Waals surface area contributed by atoms with E-state index in [9.17, 15) is 18.7 Å². The Morgan fingerprint density at radius 3 is 3.00 bits per heavy atom. The molecule has 1 unspecified atom stereocenters. The number of rotatable bonds is 3. The highest BCUT2D eigenvalue weighted by atomic mass is 19.1. The third-order valence-electron chi connectivity index (χ3n) is 5.63. The number of carbonyl (C=O) groups excluding carboxylic acids is 1. The number of urea groups is 1. The van der Waals surface area contributed by atoms with E-state index >= 15 is 0 Å². The molecule has 8 nitrogen and oxygen atoms in total. The fourth-order valence-corrected chi connectivity index (χ4v) is 3.92. The van der Waals surface area contributed by atoms with Gasteiger partial charge in [0.15, 0.2) is 5.65 Å². The molecule has 168 valence electrons. The molecule has 3 atom stereocenters. The number of aromatic nitrogens is 3. The number of likely N-dealkylation sites (tertiary alicyclic amines) is 1. The maximum Gasteiger partial charge on any atom is 0.322 e. The highest BCUT2D eigenvalue weighted by Crippen LogP contribution is 2.37. The lowest BCUT2D eigenvalue weighted by molar-refractivity contribution is 0.135. The number of aliphatic hydroxyl groups excluding tert-OH is 1. The summed E-state index contributed by atoms with van der Waals surface area (Å²) in [6, 6.07) is 0.358. The summed E-state index contributed by atoms with van der Waals surface area (Å²) < 4.78 is 71.3. The minimum Gasteiger partial charge on any atom is -0.391 e. The number of anilines is 2. The summed E-state index contributed by atoms with van der Waals surface area (Å²) in [4.78, 5) is 19.6. The van der Waals surface area contributed by atoms with Crippen molar-refractivity contribution in [3.63, 3.8) is 0 Å². The number of nitrogens with zero attached hydrogens (tertiary/aromatic N) is 5. The van der Waals surface area contributed by atoms with Gasteiger partial charge in [-0.05, 0) is 50.4 Å². The van der Waals surface area contributed by atoms with Crippen molar-refractivity contribution in [2.24, 2.45) is 0 Å². The summed E-state index contributed by atoms with van der Waals surface area (Å²) in [6.07, 6.45) is -0.883. The van der Waals surface area contributed by atoms with E-state index in [1.807, 2.05) is 0 Å². The number of benzene rings is 1. The van der Waals surface area contributed by atoms with Gasteiger partial charge in [0.25, 0.3) is 0 Å². The van der Waals surface area contributed by atoms with Crippen molar-refractivity contribution in [3.05, 3.63) is 53.9 Å². The van der Waals surface area contributed by atoms with Gasteiger partial charge in [-0.25, -0.2) is 23.1 Å². The summed E-state index contributed by atoms with van der Waals surface area (Å²) in [5.74, 6) is -1.21. The Hall–Kier alpha value is -3.27. The Labute approximate surface area is 190 Å². The van der Waals surface area contributed by atoms with Gasteiger partial charge >= 0.3 is 6.03 Å². The standard InChI is InChI=1S/C22H24F2N6O2/c1-13-19(31)6-9-28(13)22(32)26-17-12-25-30-10-7-20(27-21(17)30)29-8-2-3-18(29)15-11-14(23)4-5-16(15)24/h4-5,7,10-13,18-19,31H,2-3,6,8-9H2,1H3,(H,26,32)/t13?,18-,19+/m1/s1/i3D2,9D2,13D. The van der Waals surface area contributed by atoms with Gasteiger partial charge in [0.1, 0.15) is 23.1 Å². The zero-order valence-corrected chi connectivity index (χ0v) is 17.1. The van der Waals surface area contributed by atoms with Crippen molar-refractivity contribution in [3.8, 4) is 0 Å². The number of nitrogens with one attached hydrogen (secondary N) is 1. The molecular formula is C22H24F2N6O2. The van der Waals surface area contributed by atoms with Crippen LogP contribution < -0.4 is 10.2 Å². The monoisotopic (exact) mass is 447 g/mol. The van der Waals surface area contributed by atoms with E-state index in [-0.39, 0.29) is 35.7 Å². The molecule has 0 radical (unpaired) electrons. The third kappa shape index (κ3) is 3.54. The molecule has 2 fully saturated rings. The smallest absolute Gasteiger partial charge is 0.322 e. The Bertz CT molecular complexity index is 1390. The van der Waals surface area contributed by atoms with Crippen molar-refractivity contribution in [2.75, 3.05) is 23.3 Å². The van der Waals surface area contributed by atoms with Crippen molar-refractivity contribution in [1.29, 1.82) is 0 Å². The number of fused-ring (bicyclic) bond motifs is 1. The van der Waals surface area contributed by atoms with Crippen LogP contribution in [0.15, 0.2) is 36.7 Å². The average molecular weight is 448 g/mol. The zero-order valence-electron chi connectivity index (χ0n) is 22.1. The molecule has 0 saturated carbocycles. The average Bonchev–Trinajstić information content (AvgIpc) is 3.38. The van der Waals surface area contributed by atoms with Gasteiger partial charge in [0.05, 0.1) is 25.7 Å². The molecule has 5 rings (SSSR count). The van der Waals surface area contributed by atoms with Gasteiger partial charge in [-0.15, -0.1) is 0 Å².